The van der Waals surface area contributed by atoms with Crippen LogP contribution >= 0.6 is 0 Å². The summed E-state index contributed by atoms with van der Waals surface area (Å²) in [6.07, 6.45) is -0.423. The number of benzene rings is 1. The van der Waals surface area contributed by atoms with Gasteiger partial charge in [0, 0.05) is 13.0 Å². The van der Waals surface area contributed by atoms with E-state index >= 15 is 0 Å². The maximum Gasteiger partial charge on any atom is 0.245 e. The summed E-state index contributed by atoms with van der Waals surface area (Å²) in [6, 6.07) is 7.36. The van der Waals surface area contributed by atoms with Gasteiger partial charge >= 0.3 is 0 Å². The molecule has 0 aliphatic carbocycles. The zero-order chi connectivity index (χ0) is 17.2. The topological polar surface area (TPSA) is 108 Å². The Kier molecular flexibility index (Phi) is 7.76. The number of carbonyl (C=O) groups excluding carboxylic acids is 3. The molecule has 1 aromatic rings. The van der Waals surface area contributed by atoms with Crippen LogP contribution in [0.3, 0.4) is 0 Å². The summed E-state index contributed by atoms with van der Waals surface area (Å²) in [5, 5.41) is 17.1. The maximum atomic E-state index is 12.2. The Morgan fingerprint density at radius 2 is 1.87 bits per heavy atom. The number of nitrogens with one attached hydrogen (secondary N) is 3. The van der Waals surface area contributed by atoms with Crippen LogP contribution in [0, 0.1) is 0 Å². The molecule has 7 heteroatoms. The van der Waals surface area contributed by atoms with Crippen molar-refractivity contribution in [2.24, 2.45) is 0 Å². The highest BCUT2D eigenvalue weighted by Crippen LogP contribution is 2.04. The van der Waals surface area contributed by atoms with E-state index in [9.17, 15) is 19.5 Å². The first-order chi connectivity index (χ1) is 11.0. The normalized spacial score (nSPS) is 14.2. The number of likely N-dealkylation sites (N-methyl/N-ethyl adjacent to an activating group) is 1. The summed E-state index contributed by atoms with van der Waals surface area (Å²) in [6.45, 7) is 3.61. The third-order valence-electron chi connectivity index (χ3n) is 3.28. The van der Waals surface area contributed by atoms with Gasteiger partial charge in [-0.3, -0.25) is 14.4 Å². The second-order valence-corrected chi connectivity index (χ2v) is 5.15. The van der Waals surface area contributed by atoms with E-state index in [0.717, 1.165) is 5.56 Å². The van der Waals surface area contributed by atoms with Crippen molar-refractivity contribution in [1.29, 1.82) is 0 Å². The number of hydrogen-bond acceptors (Lipinski definition) is 4. The van der Waals surface area contributed by atoms with E-state index in [-0.39, 0.29) is 5.91 Å². The highest BCUT2D eigenvalue weighted by atomic mass is 16.3. The molecule has 4 N–H and O–H groups in total. The number of aliphatic hydroxyl groups is 1. The molecule has 0 fully saturated rings. The highest BCUT2D eigenvalue weighted by Gasteiger charge is 2.28. The molecule has 0 radical (unpaired) electrons. The molecule has 3 amide bonds. The molecule has 126 valence electrons. The van der Waals surface area contributed by atoms with Crippen molar-refractivity contribution >= 4 is 18.2 Å². The zero-order valence-electron chi connectivity index (χ0n) is 13.3. The average molecular weight is 321 g/mol. The molecule has 1 aromatic carbocycles. The minimum atomic E-state index is -1.11. The molecule has 1 rings (SSSR count). The van der Waals surface area contributed by atoms with Gasteiger partial charge in [-0.2, -0.15) is 0 Å². The Morgan fingerprint density at radius 1 is 1.22 bits per heavy atom. The van der Waals surface area contributed by atoms with Crippen LogP contribution in [-0.4, -0.2) is 48.1 Å². The van der Waals surface area contributed by atoms with Crippen LogP contribution in [0.4, 0.5) is 0 Å². The zero-order valence-corrected chi connectivity index (χ0v) is 13.3. The quantitative estimate of drug-likeness (QED) is 0.453. The summed E-state index contributed by atoms with van der Waals surface area (Å²) in [5.74, 6) is -0.931. The fourth-order valence-corrected chi connectivity index (χ4v) is 2.13. The molecule has 0 bridgehead atoms. The Hall–Kier alpha value is -2.41. The molecule has 1 unspecified atom stereocenters. The first-order valence-corrected chi connectivity index (χ1v) is 7.49. The SMILES string of the molecule is CCNC(=O)[C@H](Cc1ccccc1)NC(=O)[C@@H](NC=O)C(C)O. The molecule has 23 heavy (non-hydrogen) atoms. The van der Waals surface area contributed by atoms with E-state index in [4.69, 9.17) is 0 Å². The lowest BCUT2D eigenvalue weighted by Gasteiger charge is -2.23. The van der Waals surface area contributed by atoms with E-state index in [1.165, 1.54) is 6.92 Å². The summed E-state index contributed by atoms with van der Waals surface area (Å²) in [7, 11) is 0. The number of carbonyl (C=O) groups is 3. The fourth-order valence-electron chi connectivity index (χ4n) is 2.13. The predicted octanol–water partition coefficient (Wildman–Crippen LogP) is -0.655. The monoisotopic (exact) mass is 321 g/mol. The minimum Gasteiger partial charge on any atom is -0.391 e. The van der Waals surface area contributed by atoms with Crippen LogP contribution < -0.4 is 16.0 Å². The standard InChI is InChI=1S/C16H23N3O4/c1-3-17-15(22)13(9-12-7-5-4-6-8-12)19-16(23)14(11(2)21)18-10-20/h4-8,10-11,13-14,21H,3,9H2,1-2H3,(H,17,22)(H,18,20)(H,19,23)/t11?,13-,14-/m0/s1. The average Bonchev–Trinajstić information content (AvgIpc) is 2.52. The smallest absolute Gasteiger partial charge is 0.245 e. The molecule has 0 aromatic heterocycles. The van der Waals surface area contributed by atoms with Crippen molar-refractivity contribution in [3.8, 4) is 0 Å². The second kappa shape index (κ2) is 9.58. The highest BCUT2D eigenvalue weighted by molar-refractivity contribution is 5.91. The molecule has 0 saturated carbocycles. The third kappa shape index (κ3) is 6.07. The summed E-state index contributed by atoms with van der Waals surface area (Å²) in [5.41, 5.74) is 0.890. The van der Waals surface area contributed by atoms with Gasteiger partial charge in [0.15, 0.2) is 0 Å². The van der Waals surface area contributed by atoms with Gasteiger partial charge in [0.2, 0.25) is 18.2 Å². The number of amides is 3. The van der Waals surface area contributed by atoms with Gasteiger partial charge in [0.25, 0.3) is 0 Å². The van der Waals surface area contributed by atoms with E-state index < -0.39 is 24.1 Å². The Balaban J connectivity index is 2.85. The number of rotatable bonds is 9. The van der Waals surface area contributed by atoms with Crippen LogP contribution in [0.1, 0.15) is 19.4 Å². The van der Waals surface area contributed by atoms with Crippen molar-refractivity contribution in [1.82, 2.24) is 16.0 Å². The molecular formula is C16H23N3O4. The van der Waals surface area contributed by atoms with Crippen molar-refractivity contribution in [3.05, 3.63) is 35.9 Å². The lowest BCUT2D eigenvalue weighted by atomic mass is 10.0. The van der Waals surface area contributed by atoms with Crippen molar-refractivity contribution in [2.45, 2.75) is 38.5 Å². The molecule has 0 aliphatic rings. The van der Waals surface area contributed by atoms with Gasteiger partial charge in [0.1, 0.15) is 12.1 Å². The molecule has 0 heterocycles. The summed E-state index contributed by atoms with van der Waals surface area (Å²) >= 11 is 0. The van der Waals surface area contributed by atoms with Crippen molar-refractivity contribution in [3.63, 3.8) is 0 Å². The maximum absolute atomic E-state index is 12.2. The van der Waals surface area contributed by atoms with Gasteiger partial charge < -0.3 is 21.1 Å². The van der Waals surface area contributed by atoms with Crippen LogP contribution in [0.25, 0.3) is 0 Å². The van der Waals surface area contributed by atoms with Crippen LogP contribution in [0.5, 0.6) is 0 Å². The molecular weight excluding hydrogens is 298 g/mol. The molecule has 0 aliphatic heterocycles. The van der Waals surface area contributed by atoms with Crippen LogP contribution in [0.2, 0.25) is 0 Å². The van der Waals surface area contributed by atoms with Gasteiger partial charge in [-0.1, -0.05) is 30.3 Å². The minimum absolute atomic E-state index is 0.312. The number of hydrogen-bond donors (Lipinski definition) is 4. The Bertz CT molecular complexity index is 519. The van der Waals surface area contributed by atoms with E-state index in [1.807, 2.05) is 30.3 Å². The first kappa shape index (κ1) is 18.6. The van der Waals surface area contributed by atoms with E-state index in [0.29, 0.717) is 19.4 Å². The molecule has 7 nitrogen and oxygen atoms in total. The van der Waals surface area contributed by atoms with Gasteiger partial charge in [0.05, 0.1) is 6.10 Å². The summed E-state index contributed by atoms with van der Waals surface area (Å²) in [4.78, 5) is 34.9. The van der Waals surface area contributed by atoms with Crippen molar-refractivity contribution in [2.75, 3.05) is 6.54 Å². The van der Waals surface area contributed by atoms with Gasteiger partial charge in [-0.25, -0.2) is 0 Å². The van der Waals surface area contributed by atoms with Crippen LogP contribution in [0.15, 0.2) is 30.3 Å². The third-order valence-corrected chi connectivity index (χ3v) is 3.28. The first-order valence-electron chi connectivity index (χ1n) is 7.49. The van der Waals surface area contributed by atoms with Crippen molar-refractivity contribution < 1.29 is 19.5 Å². The Labute approximate surface area is 135 Å². The molecule has 0 spiro atoms. The van der Waals surface area contributed by atoms with Gasteiger partial charge in [-0.15, -0.1) is 0 Å². The molecule has 0 saturated heterocycles. The van der Waals surface area contributed by atoms with E-state index in [2.05, 4.69) is 16.0 Å². The lowest BCUT2D eigenvalue weighted by Crippen LogP contribution is -2.56. The summed E-state index contributed by atoms with van der Waals surface area (Å²) < 4.78 is 0. The molecule has 3 atom stereocenters. The largest absolute Gasteiger partial charge is 0.391 e. The van der Waals surface area contributed by atoms with Gasteiger partial charge in [-0.05, 0) is 19.4 Å². The second-order valence-electron chi connectivity index (χ2n) is 5.15. The Morgan fingerprint density at radius 3 is 2.39 bits per heavy atom. The predicted molar refractivity (Wildman–Crippen MR) is 85.4 cm³/mol. The fraction of sp³-hybridized carbons (Fsp3) is 0.438. The van der Waals surface area contributed by atoms with Crippen LogP contribution in [-0.2, 0) is 20.8 Å². The number of aliphatic hydroxyl groups excluding tert-OH is 1. The van der Waals surface area contributed by atoms with E-state index in [1.54, 1.807) is 6.92 Å². The lowest BCUT2D eigenvalue weighted by molar-refractivity contribution is -0.132.